The summed E-state index contributed by atoms with van der Waals surface area (Å²) in [4.78, 5) is 4.95. The lowest BCUT2D eigenvalue weighted by Crippen LogP contribution is -2.46. The predicted molar refractivity (Wildman–Crippen MR) is 101 cm³/mol. The van der Waals surface area contributed by atoms with E-state index in [-0.39, 0.29) is 0 Å². The summed E-state index contributed by atoms with van der Waals surface area (Å²) in [5, 5.41) is 1.18. The van der Waals surface area contributed by atoms with E-state index in [0.717, 1.165) is 57.1 Å². The minimum atomic E-state index is 0.774. The molecule has 0 spiro atoms. The summed E-state index contributed by atoms with van der Waals surface area (Å²) in [6, 6.07) is 18.4. The molecule has 25 heavy (non-hydrogen) atoms. The Morgan fingerprint density at radius 1 is 0.880 bits per heavy atom. The van der Waals surface area contributed by atoms with Gasteiger partial charge in [-0.2, -0.15) is 0 Å². The number of rotatable bonds is 6. The monoisotopic (exact) mass is 336 g/mol. The molecular formula is C21H24N2O2. The van der Waals surface area contributed by atoms with Gasteiger partial charge >= 0.3 is 0 Å². The summed E-state index contributed by atoms with van der Waals surface area (Å²) in [5.74, 6) is 0.957. The molecule has 0 saturated carbocycles. The van der Waals surface area contributed by atoms with Crippen LogP contribution in [0.3, 0.4) is 0 Å². The zero-order valence-electron chi connectivity index (χ0n) is 14.4. The Bertz CT molecular complexity index is 792. The van der Waals surface area contributed by atoms with Gasteiger partial charge in [-0.25, -0.2) is 0 Å². The Morgan fingerprint density at radius 2 is 1.72 bits per heavy atom. The predicted octanol–water partition coefficient (Wildman–Crippen LogP) is 4.02. The van der Waals surface area contributed by atoms with E-state index in [2.05, 4.69) is 28.0 Å². The summed E-state index contributed by atoms with van der Waals surface area (Å²) < 4.78 is 11.5. The van der Waals surface area contributed by atoms with Crippen LogP contribution < -0.4 is 9.64 Å². The fraction of sp³-hybridized carbons (Fsp3) is 0.333. The van der Waals surface area contributed by atoms with Gasteiger partial charge in [-0.3, -0.25) is 4.90 Å². The summed E-state index contributed by atoms with van der Waals surface area (Å²) in [6.45, 7) is 6.12. The quantitative estimate of drug-likeness (QED) is 0.636. The molecule has 4 nitrogen and oxygen atoms in total. The molecule has 1 aliphatic heterocycles. The minimum absolute atomic E-state index is 0.774. The third-order valence-corrected chi connectivity index (χ3v) is 4.80. The third kappa shape index (κ3) is 3.80. The number of ether oxygens (including phenoxy) is 1. The fourth-order valence-electron chi connectivity index (χ4n) is 3.43. The number of hydrogen-bond donors (Lipinski definition) is 0. The van der Waals surface area contributed by atoms with Crippen LogP contribution in [-0.4, -0.2) is 44.2 Å². The molecule has 2 heterocycles. The molecule has 0 bridgehead atoms. The van der Waals surface area contributed by atoms with Gasteiger partial charge < -0.3 is 14.1 Å². The lowest BCUT2D eigenvalue weighted by atomic mass is 10.2. The number of fused-ring (bicyclic) bond motifs is 1. The number of para-hydroxylation sites is 2. The molecule has 1 aliphatic rings. The second kappa shape index (κ2) is 7.62. The van der Waals surface area contributed by atoms with Crippen molar-refractivity contribution in [2.75, 3.05) is 44.2 Å². The minimum Gasteiger partial charge on any atom is -0.494 e. The van der Waals surface area contributed by atoms with Crippen LogP contribution >= 0.6 is 0 Å². The van der Waals surface area contributed by atoms with Gasteiger partial charge in [0.2, 0.25) is 0 Å². The van der Waals surface area contributed by atoms with Crippen LogP contribution in [0.2, 0.25) is 0 Å². The second-order valence-electron chi connectivity index (χ2n) is 6.46. The lowest BCUT2D eigenvalue weighted by molar-refractivity contribution is 0.225. The highest BCUT2D eigenvalue weighted by Crippen LogP contribution is 2.28. The van der Waals surface area contributed by atoms with Gasteiger partial charge in [0.25, 0.3) is 0 Å². The molecular weight excluding hydrogens is 312 g/mol. The Balaban J connectivity index is 1.24. The van der Waals surface area contributed by atoms with E-state index in [4.69, 9.17) is 9.15 Å². The van der Waals surface area contributed by atoms with Crippen LogP contribution in [0.1, 0.15) is 6.42 Å². The Morgan fingerprint density at radius 3 is 2.56 bits per heavy atom. The normalized spacial score (nSPS) is 15.6. The average molecular weight is 336 g/mol. The number of furan rings is 1. The molecule has 1 fully saturated rings. The molecule has 4 rings (SSSR count). The third-order valence-electron chi connectivity index (χ3n) is 4.80. The lowest BCUT2D eigenvalue weighted by Gasteiger charge is -2.36. The van der Waals surface area contributed by atoms with Gasteiger partial charge in [0.05, 0.1) is 18.6 Å². The molecule has 0 atom stereocenters. The highest BCUT2D eigenvalue weighted by Gasteiger charge is 2.19. The number of benzene rings is 2. The fourth-order valence-corrected chi connectivity index (χ4v) is 3.43. The van der Waals surface area contributed by atoms with Gasteiger partial charge in [-0.05, 0) is 30.7 Å². The van der Waals surface area contributed by atoms with Crippen LogP contribution in [0.25, 0.3) is 11.0 Å². The van der Waals surface area contributed by atoms with Gasteiger partial charge in [0.15, 0.2) is 5.58 Å². The first kappa shape index (κ1) is 16.0. The van der Waals surface area contributed by atoms with Crippen molar-refractivity contribution >= 4 is 16.7 Å². The molecule has 1 aromatic heterocycles. The van der Waals surface area contributed by atoms with Crippen molar-refractivity contribution < 1.29 is 9.15 Å². The molecule has 4 heteroatoms. The van der Waals surface area contributed by atoms with Crippen molar-refractivity contribution in [3.63, 3.8) is 0 Å². The van der Waals surface area contributed by atoms with E-state index in [1.54, 1.807) is 6.26 Å². The molecule has 0 N–H and O–H groups in total. The van der Waals surface area contributed by atoms with Gasteiger partial charge in [0, 0.05) is 38.1 Å². The standard InChI is InChI=1S/C21H24N2O2/c1-2-7-19(8-3-1)24-16-5-11-22-12-14-23(15-13-22)20-9-4-6-18-10-17-25-21(18)20/h1-4,6-10,17H,5,11-16H2. The van der Waals surface area contributed by atoms with Crippen molar-refractivity contribution in [3.05, 3.63) is 60.9 Å². The zero-order chi connectivity index (χ0) is 16.9. The van der Waals surface area contributed by atoms with Crippen LogP contribution in [0.15, 0.2) is 65.3 Å². The molecule has 0 unspecified atom stereocenters. The van der Waals surface area contributed by atoms with E-state index in [1.165, 1.54) is 11.1 Å². The summed E-state index contributed by atoms with van der Waals surface area (Å²) in [7, 11) is 0. The van der Waals surface area contributed by atoms with Crippen molar-refractivity contribution in [1.82, 2.24) is 4.90 Å². The molecule has 0 amide bonds. The summed E-state index contributed by atoms with van der Waals surface area (Å²) in [5.41, 5.74) is 2.22. The van der Waals surface area contributed by atoms with Crippen LogP contribution in [-0.2, 0) is 0 Å². The first-order valence-electron chi connectivity index (χ1n) is 9.01. The highest BCUT2D eigenvalue weighted by molar-refractivity contribution is 5.89. The number of hydrogen-bond acceptors (Lipinski definition) is 4. The highest BCUT2D eigenvalue weighted by atomic mass is 16.5. The molecule has 1 saturated heterocycles. The molecule has 0 radical (unpaired) electrons. The van der Waals surface area contributed by atoms with Crippen molar-refractivity contribution in [2.45, 2.75) is 6.42 Å². The van der Waals surface area contributed by atoms with E-state index in [9.17, 15) is 0 Å². The Kier molecular flexibility index (Phi) is 4.89. The van der Waals surface area contributed by atoms with Crippen molar-refractivity contribution in [3.8, 4) is 5.75 Å². The first-order valence-corrected chi connectivity index (χ1v) is 9.01. The number of anilines is 1. The SMILES string of the molecule is c1ccc(OCCCN2CCN(c3cccc4ccoc34)CC2)cc1. The maximum atomic E-state index is 5.78. The van der Waals surface area contributed by atoms with E-state index in [0.29, 0.717) is 0 Å². The topological polar surface area (TPSA) is 28.9 Å². The van der Waals surface area contributed by atoms with Crippen molar-refractivity contribution in [2.24, 2.45) is 0 Å². The maximum absolute atomic E-state index is 5.78. The van der Waals surface area contributed by atoms with E-state index < -0.39 is 0 Å². The molecule has 2 aromatic carbocycles. The Labute approximate surface area is 148 Å². The van der Waals surface area contributed by atoms with E-state index >= 15 is 0 Å². The molecule has 0 aliphatic carbocycles. The molecule has 130 valence electrons. The van der Waals surface area contributed by atoms with Crippen molar-refractivity contribution in [1.29, 1.82) is 0 Å². The number of piperazine rings is 1. The molecule has 3 aromatic rings. The number of nitrogens with zero attached hydrogens (tertiary/aromatic N) is 2. The summed E-state index contributed by atoms with van der Waals surface area (Å²) >= 11 is 0. The van der Waals surface area contributed by atoms with Gasteiger partial charge in [-0.15, -0.1) is 0 Å². The maximum Gasteiger partial charge on any atom is 0.157 e. The van der Waals surface area contributed by atoms with Gasteiger partial charge in [-0.1, -0.05) is 30.3 Å². The van der Waals surface area contributed by atoms with E-state index in [1.807, 2.05) is 36.4 Å². The van der Waals surface area contributed by atoms with Crippen LogP contribution in [0.5, 0.6) is 5.75 Å². The Hall–Kier alpha value is -2.46. The summed E-state index contributed by atoms with van der Waals surface area (Å²) in [6.07, 6.45) is 2.83. The zero-order valence-corrected chi connectivity index (χ0v) is 14.4. The van der Waals surface area contributed by atoms with Crippen LogP contribution in [0.4, 0.5) is 5.69 Å². The smallest absolute Gasteiger partial charge is 0.157 e. The average Bonchev–Trinajstić information content (AvgIpc) is 3.15. The van der Waals surface area contributed by atoms with Crippen LogP contribution in [0, 0.1) is 0 Å². The van der Waals surface area contributed by atoms with Gasteiger partial charge in [0.1, 0.15) is 5.75 Å². The largest absolute Gasteiger partial charge is 0.494 e. The first-order chi connectivity index (χ1) is 12.4. The second-order valence-corrected chi connectivity index (χ2v) is 6.46.